The molecule has 0 bridgehead atoms. The van der Waals surface area contributed by atoms with Crippen LogP contribution in [0, 0.1) is 11.6 Å². The van der Waals surface area contributed by atoms with E-state index in [1.807, 2.05) is 26.0 Å². The van der Waals surface area contributed by atoms with Gasteiger partial charge in [-0.2, -0.15) is 0 Å². The van der Waals surface area contributed by atoms with Gasteiger partial charge in [-0.15, -0.1) is 0 Å². The Morgan fingerprint density at radius 3 is 2.24 bits per heavy atom. The van der Waals surface area contributed by atoms with Crippen molar-refractivity contribution in [3.63, 3.8) is 0 Å². The van der Waals surface area contributed by atoms with Crippen LogP contribution in [0.15, 0.2) is 54.7 Å². The number of hydrogen-bond donors (Lipinski definition) is 3. The molecule has 172 valence electrons. The van der Waals surface area contributed by atoms with Gasteiger partial charge in [0.25, 0.3) is 11.8 Å². The maximum atomic E-state index is 13.3. The van der Waals surface area contributed by atoms with Crippen LogP contribution >= 0.6 is 0 Å². The molecular formula is C24H24F2N4O3. The molecule has 0 radical (unpaired) electrons. The topological polar surface area (TPSA) is 94.6 Å². The lowest BCUT2D eigenvalue weighted by Gasteiger charge is -2.19. The lowest BCUT2D eigenvalue weighted by atomic mass is 10.1. The summed E-state index contributed by atoms with van der Waals surface area (Å²) >= 11 is 0. The fraction of sp³-hybridized carbons (Fsp3) is 0.208. The van der Waals surface area contributed by atoms with Gasteiger partial charge >= 0.3 is 0 Å². The summed E-state index contributed by atoms with van der Waals surface area (Å²) in [7, 11) is 0. The molecule has 0 spiro atoms. The van der Waals surface area contributed by atoms with E-state index in [1.54, 1.807) is 6.20 Å². The fourth-order valence-corrected chi connectivity index (χ4v) is 3.22. The van der Waals surface area contributed by atoms with Crippen LogP contribution in [-0.2, 0) is 6.54 Å². The van der Waals surface area contributed by atoms with Gasteiger partial charge in [0.2, 0.25) is 0 Å². The molecule has 7 nitrogen and oxygen atoms in total. The third-order valence-electron chi connectivity index (χ3n) is 4.97. The first-order valence-corrected chi connectivity index (χ1v) is 10.4. The van der Waals surface area contributed by atoms with Crippen LogP contribution in [0.2, 0.25) is 0 Å². The Morgan fingerprint density at radius 1 is 0.970 bits per heavy atom. The minimum atomic E-state index is -0.882. The lowest BCUT2D eigenvalue weighted by Crippen LogP contribution is -2.24. The van der Waals surface area contributed by atoms with Crippen LogP contribution in [0.5, 0.6) is 5.75 Å². The maximum Gasteiger partial charge on any atom is 0.255 e. The molecule has 3 rings (SSSR count). The molecule has 0 unspecified atom stereocenters. The van der Waals surface area contributed by atoms with Crippen molar-refractivity contribution < 1.29 is 23.5 Å². The summed E-state index contributed by atoms with van der Waals surface area (Å²) in [6, 6.07) is 10.1. The molecular weight excluding hydrogens is 430 g/mol. The average Bonchev–Trinajstić information content (AvgIpc) is 2.78. The number of pyridine rings is 1. The van der Waals surface area contributed by atoms with Crippen molar-refractivity contribution in [3.8, 4) is 5.75 Å². The summed E-state index contributed by atoms with van der Waals surface area (Å²) in [4.78, 5) is 31.2. The van der Waals surface area contributed by atoms with Crippen molar-refractivity contribution in [1.29, 1.82) is 0 Å². The number of aromatic hydroxyl groups is 1. The Balaban J connectivity index is 1.62. The zero-order chi connectivity index (χ0) is 24.0. The summed E-state index contributed by atoms with van der Waals surface area (Å²) in [6.07, 6.45) is 1.68. The molecule has 2 aromatic carbocycles. The van der Waals surface area contributed by atoms with Crippen LogP contribution < -0.4 is 15.5 Å². The number of phenolic OH excluding ortho intramolecular Hbond substituents is 1. The predicted octanol–water partition coefficient (Wildman–Crippen LogP) is 4.09. The summed E-state index contributed by atoms with van der Waals surface area (Å²) < 4.78 is 26.6. The fourth-order valence-electron chi connectivity index (χ4n) is 3.22. The molecule has 0 atom stereocenters. The second kappa shape index (κ2) is 10.5. The summed E-state index contributed by atoms with van der Waals surface area (Å²) in [5.41, 5.74) is 0.756. The Kier molecular flexibility index (Phi) is 7.55. The van der Waals surface area contributed by atoms with Crippen molar-refractivity contribution in [2.45, 2.75) is 20.4 Å². The van der Waals surface area contributed by atoms with Crippen molar-refractivity contribution >= 4 is 23.3 Å². The number of amides is 2. The second-order valence-corrected chi connectivity index (χ2v) is 7.22. The Morgan fingerprint density at radius 2 is 1.67 bits per heavy atom. The Bertz CT molecular complexity index is 1130. The molecule has 9 heteroatoms. The molecule has 3 aromatic rings. The largest absolute Gasteiger partial charge is 0.507 e. The van der Waals surface area contributed by atoms with E-state index in [1.165, 1.54) is 18.2 Å². The van der Waals surface area contributed by atoms with E-state index in [0.717, 1.165) is 36.6 Å². The number of phenols is 1. The number of aromatic nitrogens is 1. The Labute approximate surface area is 190 Å². The predicted molar refractivity (Wildman–Crippen MR) is 121 cm³/mol. The van der Waals surface area contributed by atoms with Gasteiger partial charge in [-0.05, 0) is 49.7 Å². The second-order valence-electron chi connectivity index (χ2n) is 7.22. The van der Waals surface area contributed by atoms with Crippen LogP contribution in [-0.4, -0.2) is 35.0 Å². The van der Waals surface area contributed by atoms with Crippen molar-refractivity contribution in [2.75, 3.05) is 23.3 Å². The number of carbonyl (C=O) groups excluding carboxylic acids is 2. The molecule has 1 aromatic heterocycles. The summed E-state index contributed by atoms with van der Waals surface area (Å²) in [6.45, 7) is 5.99. The molecule has 2 amide bonds. The zero-order valence-corrected chi connectivity index (χ0v) is 18.2. The highest BCUT2D eigenvalue weighted by molar-refractivity contribution is 6.05. The highest BCUT2D eigenvalue weighted by Crippen LogP contribution is 2.23. The molecule has 0 saturated heterocycles. The van der Waals surface area contributed by atoms with Crippen molar-refractivity contribution in [3.05, 3.63) is 83.1 Å². The van der Waals surface area contributed by atoms with Gasteiger partial charge in [-0.25, -0.2) is 13.8 Å². The normalized spacial score (nSPS) is 10.5. The zero-order valence-electron chi connectivity index (χ0n) is 18.2. The lowest BCUT2D eigenvalue weighted by molar-refractivity contribution is 0.0947. The molecule has 0 aliphatic rings. The first-order chi connectivity index (χ1) is 15.8. The monoisotopic (exact) mass is 454 g/mol. The summed E-state index contributed by atoms with van der Waals surface area (Å²) in [5, 5.41) is 15.4. The van der Waals surface area contributed by atoms with Crippen molar-refractivity contribution in [2.24, 2.45) is 0 Å². The molecule has 0 fully saturated rings. The van der Waals surface area contributed by atoms with E-state index in [4.69, 9.17) is 0 Å². The number of benzene rings is 2. The van der Waals surface area contributed by atoms with Crippen molar-refractivity contribution in [1.82, 2.24) is 10.3 Å². The first-order valence-electron chi connectivity index (χ1n) is 10.4. The minimum absolute atomic E-state index is 0.0116. The third-order valence-corrected chi connectivity index (χ3v) is 4.97. The number of carbonyl (C=O) groups is 2. The highest BCUT2D eigenvalue weighted by Gasteiger charge is 2.14. The molecule has 0 aliphatic heterocycles. The van der Waals surface area contributed by atoms with E-state index in [9.17, 15) is 23.5 Å². The SMILES string of the molecule is CCN(CC)c1ccc(CNC(=O)c2ccc(NC(=O)c3cc(F)cc(F)c3)cc2O)cn1. The van der Waals surface area contributed by atoms with E-state index in [2.05, 4.69) is 20.5 Å². The number of hydrogen-bond acceptors (Lipinski definition) is 5. The quantitative estimate of drug-likeness (QED) is 0.477. The molecule has 1 heterocycles. The van der Waals surface area contributed by atoms with Gasteiger partial charge in [-0.1, -0.05) is 6.07 Å². The standard InChI is InChI=1S/C24H24F2N4O3/c1-3-30(4-2)22-8-5-15(13-27-22)14-28-24(33)20-7-6-19(12-21(20)31)29-23(32)16-9-17(25)11-18(26)10-16/h5-13,31H,3-4,14H2,1-2H3,(H,28,33)(H,29,32). The number of rotatable bonds is 8. The van der Waals surface area contributed by atoms with E-state index >= 15 is 0 Å². The van der Waals surface area contributed by atoms with Gasteiger partial charge in [0.1, 0.15) is 23.2 Å². The number of anilines is 2. The van der Waals surface area contributed by atoms with Crippen LogP contribution in [0.3, 0.4) is 0 Å². The Hall–Kier alpha value is -4.01. The first kappa shape index (κ1) is 23.6. The maximum absolute atomic E-state index is 13.3. The highest BCUT2D eigenvalue weighted by atomic mass is 19.1. The van der Waals surface area contributed by atoms with Gasteiger partial charge in [0.05, 0.1) is 5.56 Å². The minimum Gasteiger partial charge on any atom is -0.507 e. The van der Waals surface area contributed by atoms with Gasteiger partial charge < -0.3 is 20.6 Å². The van der Waals surface area contributed by atoms with Crippen LogP contribution in [0.4, 0.5) is 20.3 Å². The number of nitrogens with one attached hydrogen (secondary N) is 2. The van der Waals surface area contributed by atoms with Gasteiger partial charge in [-0.3, -0.25) is 9.59 Å². The van der Waals surface area contributed by atoms with Gasteiger partial charge in [0.15, 0.2) is 0 Å². The molecule has 33 heavy (non-hydrogen) atoms. The smallest absolute Gasteiger partial charge is 0.255 e. The third kappa shape index (κ3) is 6.03. The van der Waals surface area contributed by atoms with E-state index < -0.39 is 23.4 Å². The number of nitrogens with zero attached hydrogens (tertiary/aromatic N) is 2. The van der Waals surface area contributed by atoms with Crippen LogP contribution in [0.1, 0.15) is 40.1 Å². The average molecular weight is 454 g/mol. The number of halogens is 2. The molecule has 0 saturated carbocycles. The molecule has 3 N–H and O–H groups in total. The van der Waals surface area contributed by atoms with Crippen LogP contribution in [0.25, 0.3) is 0 Å². The van der Waals surface area contributed by atoms with E-state index in [0.29, 0.717) is 6.07 Å². The summed E-state index contributed by atoms with van der Waals surface area (Å²) in [5.74, 6) is -2.53. The molecule has 0 aliphatic carbocycles. The van der Waals surface area contributed by atoms with E-state index in [-0.39, 0.29) is 29.1 Å². The van der Waals surface area contributed by atoms with Gasteiger partial charge in [0, 0.05) is 49.2 Å².